The van der Waals surface area contributed by atoms with Crippen LogP contribution in [-0.2, 0) is 4.79 Å². The minimum Gasteiger partial charge on any atom is -0.325 e. The third-order valence-corrected chi connectivity index (χ3v) is 6.41. The zero-order valence-electron chi connectivity index (χ0n) is 14.0. The molecule has 0 aromatic rings. The molecule has 2 saturated carbocycles. The summed E-state index contributed by atoms with van der Waals surface area (Å²) in [7, 11) is 0. The first-order valence-corrected chi connectivity index (χ1v) is 9.10. The lowest BCUT2D eigenvalue weighted by atomic mass is 9.70. The standard InChI is InChI=1S/C18H32N2O/c1-4-13(2)15-17(21)20(12-18(3)10-7-11-18)16(19-15)14-8-5-6-9-14/h13-16,19H,4-12H2,1-3H3. The molecule has 3 unspecified atom stereocenters. The number of hydrogen-bond donors (Lipinski definition) is 1. The second kappa shape index (κ2) is 5.91. The van der Waals surface area contributed by atoms with Crippen molar-refractivity contribution in [3.05, 3.63) is 0 Å². The molecule has 21 heavy (non-hydrogen) atoms. The maximum atomic E-state index is 13.0. The first-order chi connectivity index (χ1) is 10.0. The number of amides is 1. The molecule has 3 fully saturated rings. The zero-order valence-corrected chi connectivity index (χ0v) is 14.0. The lowest BCUT2D eigenvalue weighted by Crippen LogP contribution is -2.48. The molecule has 2 aliphatic carbocycles. The van der Waals surface area contributed by atoms with Crippen molar-refractivity contribution in [2.24, 2.45) is 17.3 Å². The van der Waals surface area contributed by atoms with Gasteiger partial charge >= 0.3 is 0 Å². The van der Waals surface area contributed by atoms with E-state index in [-0.39, 0.29) is 6.04 Å². The van der Waals surface area contributed by atoms with Crippen molar-refractivity contribution in [1.82, 2.24) is 10.2 Å². The van der Waals surface area contributed by atoms with E-state index in [2.05, 4.69) is 31.0 Å². The summed E-state index contributed by atoms with van der Waals surface area (Å²) < 4.78 is 0. The topological polar surface area (TPSA) is 32.3 Å². The lowest BCUT2D eigenvalue weighted by molar-refractivity contribution is -0.134. The molecule has 0 aromatic carbocycles. The normalized spacial score (nSPS) is 34.2. The Morgan fingerprint density at radius 3 is 2.48 bits per heavy atom. The summed E-state index contributed by atoms with van der Waals surface area (Å²) in [5.74, 6) is 1.52. The molecule has 1 amide bonds. The summed E-state index contributed by atoms with van der Waals surface area (Å²) in [5.41, 5.74) is 0.387. The Morgan fingerprint density at radius 1 is 1.29 bits per heavy atom. The Bertz CT molecular complexity index is 385. The molecule has 1 heterocycles. The highest BCUT2D eigenvalue weighted by atomic mass is 16.2. The first kappa shape index (κ1) is 15.3. The van der Waals surface area contributed by atoms with Crippen LogP contribution in [0.3, 0.4) is 0 Å². The molecule has 0 radical (unpaired) electrons. The average molecular weight is 292 g/mol. The van der Waals surface area contributed by atoms with E-state index in [1.807, 2.05) is 0 Å². The van der Waals surface area contributed by atoms with Crippen LogP contribution < -0.4 is 5.32 Å². The summed E-state index contributed by atoms with van der Waals surface area (Å²) >= 11 is 0. The number of carbonyl (C=O) groups excluding carboxylic acids is 1. The van der Waals surface area contributed by atoms with E-state index in [9.17, 15) is 4.79 Å². The molecular weight excluding hydrogens is 260 g/mol. The van der Waals surface area contributed by atoms with Crippen LogP contribution in [0.1, 0.15) is 72.1 Å². The van der Waals surface area contributed by atoms with Crippen molar-refractivity contribution in [1.29, 1.82) is 0 Å². The minimum absolute atomic E-state index is 0.0595. The highest BCUT2D eigenvalue weighted by Crippen LogP contribution is 2.43. The summed E-state index contributed by atoms with van der Waals surface area (Å²) in [6, 6.07) is 0.0595. The van der Waals surface area contributed by atoms with Crippen LogP contribution in [0.15, 0.2) is 0 Å². The smallest absolute Gasteiger partial charge is 0.241 e. The molecule has 1 saturated heterocycles. The Kier molecular flexibility index (Phi) is 4.31. The van der Waals surface area contributed by atoms with E-state index in [1.165, 1.54) is 44.9 Å². The number of rotatable bonds is 5. The molecule has 0 bridgehead atoms. The van der Waals surface area contributed by atoms with Crippen molar-refractivity contribution >= 4 is 5.91 Å². The van der Waals surface area contributed by atoms with Crippen molar-refractivity contribution in [2.45, 2.75) is 84.3 Å². The lowest BCUT2D eigenvalue weighted by Gasteiger charge is -2.43. The van der Waals surface area contributed by atoms with Crippen molar-refractivity contribution in [3.8, 4) is 0 Å². The monoisotopic (exact) mass is 292 g/mol. The minimum atomic E-state index is 0.0595. The van der Waals surface area contributed by atoms with Crippen LogP contribution >= 0.6 is 0 Å². The molecule has 3 nitrogen and oxygen atoms in total. The quantitative estimate of drug-likeness (QED) is 0.840. The van der Waals surface area contributed by atoms with Crippen molar-refractivity contribution < 1.29 is 4.79 Å². The largest absolute Gasteiger partial charge is 0.325 e. The second-order valence-electron chi connectivity index (χ2n) is 8.15. The van der Waals surface area contributed by atoms with Crippen LogP contribution in [0.25, 0.3) is 0 Å². The number of carbonyl (C=O) groups is 1. The molecule has 3 rings (SSSR count). The van der Waals surface area contributed by atoms with E-state index in [1.54, 1.807) is 0 Å². The van der Waals surface area contributed by atoms with E-state index < -0.39 is 0 Å². The zero-order chi connectivity index (χ0) is 15.0. The van der Waals surface area contributed by atoms with Crippen molar-refractivity contribution in [2.75, 3.05) is 6.54 Å². The van der Waals surface area contributed by atoms with Gasteiger partial charge in [0.25, 0.3) is 0 Å². The molecule has 3 atom stereocenters. The van der Waals surface area contributed by atoms with Gasteiger partial charge in [0.05, 0.1) is 12.2 Å². The fraction of sp³-hybridized carbons (Fsp3) is 0.944. The fourth-order valence-corrected chi connectivity index (χ4v) is 4.49. The van der Waals surface area contributed by atoms with E-state index in [0.717, 1.165) is 13.0 Å². The van der Waals surface area contributed by atoms with Gasteiger partial charge in [0.15, 0.2) is 0 Å². The van der Waals surface area contributed by atoms with Crippen LogP contribution in [0.5, 0.6) is 0 Å². The predicted molar refractivity (Wildman–Crippen MR) is 85.8 cm³/mol. The van der Waals surface area contributed by atoms with Crippen molar-refractivity contribution in [3.63, 3.8) is 0 Å². The molecule has 1 aliphatic heterocycles. The third kappa shape index (κ3) is 2.86. The van der Waals surface area contributed by atoms with Gasteiger partial charge in [-0.3, -0.25) is 10.1 Å². The maximum Gasteiger partial charge on any atom is 0.241 e. The Hall–Kier alpha value is -0.570. The Labute approximate surface area is 129 Å². The SMILES string of the molecule is CCC(C)C1NC(C2CCCC2)N(CC2(C)CCC2)C1=O. The van der Waals surface area contributed by atoms with Crippen LogP contribution in [0.2, 0.25) is 0 Å². The average Bonchev–Trinajstić information content (AvgIpc) is 3.06. The van der Waals surface area contributed by atoms with Gasteiger partial charge in [0.2, 0.25) is 5.91 Å². The molecule has 120 valence electrons. The summed E-state index contributed by atoms with van der Waals surface area (Å²) in [5, 5.41) is 3.73. The van der Waals surface area contributed by atoms with Gasteiger partial charge in [-0.25, -0.2) is 0 Å². The molecular formula is C18H32N2O. The van der Waals surface area contributed by atoms with Gasteiger partial charge in [-0.2, -0.15) is 0 Å². The number of nitrogens with one attached hydrogen (secondary N) is 1. The number of nitrogens with zero attached hydrogens (tertiary/aromatic N) is 1. The predicted octanol–water partition coefficient (Wildman–Crippen LogP) is 3.54. The van der Waals surface area contributed by atoms with E-state index in [0.29, 0.717) is 29.3 Å². The van der Waals surface area contributed by atoms with Gasteiger partial charge in [0.1, 0.15) is 0 Å². The second-order valence-corrected chi connectivity index (χ2v) is 8.15. The van der Waals surface area contributed by atoms with Gasteiger partial charge in [-0.1, -0.05) is 46.5 Å². The molecule has 3 aliphatic rings. The Morgan fingerprint density at radius 2 is 1.95 bits per heavy atom. The van der Waals surface area contributed by atoms with E-state index >= 15 is 0 Å². The fourth-order valence-electron chi connectivity index (χ4n) is 4.49. The summed E-state index contributed by atoms with van der Waals surface area (Å²) in [6.07, 6.45) is 10.6. The highest BCUT2D eigenvalue weighted by molar-refractivity contribution is 5.84. The van der Waals surface area contributed by atoms with Gasteiger partial charge in [0, 0.05) is 6.54 Å². The van der Waals surface area contributed by atoms with E-state index in [4.69, 9.17) is 0 Å². The third-order valence-electron chi connectivity index (χ3n) is 6.41. The van der Waals surface area contributed by atoms with Crippen LogP contribution in [0, 0.1) is 17.3 Å². The van der Waals surface area contributed by atoms with Crippen LogP contribution in [0.4, 0.5) is 0 Å². The maximum absolute atomic E-state index is 13.0. The molecule has 0 spiro atoms. The highest BCUT2D eigenvalue weighted by Gasteiger charge is 2.47. The molecule has 1 N–H and O–H groups in total. The number of hydrogen-bond acceptors (Lipinski definition) is 2. The summed E-state index contributed by atoms with van der Waals surface area (Å²) in [6.45, 7) is 7.76. The van der Waals surface area contributed by atoms with Gasteiger partial charge < -0.3 is 4.90 Å². The van der Waals surface area contributed by atoms with Crippen LogP contribution in [-0.4, -0.2) is 29.6 Å². The molecule has 0 aromatic heterocycles. The summed E-state index contributed by atoms with van der Waals surface area (Å²) in [4.78, 5) is 15.2. The van der Waals surface area contributed by atoms with Gasteiger partial charge in [-0.15, -0.1) is 0 Å². The molecule has 3 heteroatoms. The Balaban J connectivity index is 1.76. The first-order valence-electron chi connectivity index (χ1n) is 9.10. The van der Waals surface area contributed by atoms with Gasteiger partial charge in [-0.05, 0) is 42.9 Å².